The van der Waals surface area contributed by atoms with E-state index in [1.54, 1.807) is 0 Å². The molecule has 0 aromatic heterocycles. The minimum atomic E-state index is -0.453. The van der Waals surface area contributed by atoms with Gasteiger partial charge >= 0.3 is 6.85 Å². The van der Waals surface area contributed by atoms with Gasteiger partial charge < -0.3 is 14.4 Å². The maximum absolute atomic E-state index is 6.65. The first kappa shape index (κ1) is 27.2. The zero-order chi connectivity index (χ0) is 32.3. The molecule has 49 heavy (non-hydrogen) atoms. The highest BCUT2D eigenvalue weighted by Crippen LogP contribution is 2.65. The minimum absolute atomic E-state index is 0.0751. The summed E-state index contributed by atoms with van der Waals surface area (Å²) in [5.74, 6) is 2.37. The van der Waals surface area contributed by atoms with Crippen LogP contribution in [0.25, 0.3) is 0 Å². The second-order valence-electron chi connectivity index (χ2n) is 14.1. The summed E-state index contributed by atoms with van der Waals surface area (Å²) >= 11 is 0. The normalized spacial score (nSPS) is 23.2. The molecule has 2 aliphatic carbocycles. The highest BCUT2D eigenvalue weighted by atomic mass is 16.5. The smallest absolute Gasteiger partial charge is 0.306 e. The Labute approximate surface area is 287 Å². The van der Waals surface area contributed by atoms with Crippen molar-refractivity contribution in [2.24, 2.45) is 5.92 Å². The third-order valence-electron chi connectivity index (χ3n) is 11.7. The molecule has 0 N–H and O–H groups in total. The molecule has 5 aromatic rings. The Balaban J connectivity index is 1.29. The molecule has 0 fully saturated rings. The zero-order valence-corrected chi connectivity index (χ0v) is 27.2. The lowest BCUT2D eigenvalue weighted by molar-refractivity contribution is 0.475. The number of anilines is 4. The summed E-state index contributed by atoms with van der Waals surface area (Å²) in [6, 6.07) is 42.8. The monoisotopic (exact) mass is 628 g/mol. The molecule has 0 spiro atoms. The molecule has 0 amide bonds. The number of hydrogen-bond acceptors (Lipinski definition) is 3. The summed E-state index contributed by atoms with van der Waals surface area (Å²) in [5, 5.41) is 0. The Hall–Kier alpha value is -5.74. The van der Waals surface area contributed by atoms with E-state index in [9.17, 15) is 0 Å². The lowest BCUT2D eigenvalue weighted by atomic mass is 9.35. The van der Waals surface area contributed by atoms with Crippen LogP contribution in [0.5, 0.6) is 11.5 Å². The van der Waals surface area contributed by atoms with Crippen LogP contribution in [0, 0.1) is 5.92 Å². The number of ether oxygens (including phenoxy) is 1. The molecule has 5 aromatic carbocycles. The number of hydrogen-bond donors (Lipinski definition) is 0. The van der Waals surface area contributed by atoms with E-state index in [0.717, 1.165) is 17.2 Å². The van der Waals surface area contributed by atoms with Crippen LogP contribution in [0.15, 0.2) is 175 Å². The molecule has 3 atom stereocenters. The Morgan fingerprint density at radius 3 is 2.22 bits per heavy atom. The number of benzene rings is 5. The van der Waals surface area contributed by atoms with Gasteiger partial charge in [0.05, 0.1) is 22.5 Å². The average molecular weight is 629 g/mol. The second-order valence-corrected chi connectivity index (χ2v) is 14.1. The van der Waals surface area contributed by atoms with Gasteiger partial charge in [-0.05, 0) is 65.0 Å². The van der Waals surface area contributed by atoms with E-state index < -0.39 is 5.41 Å². The van der Waals surface area contributed by atoms with Crippen LogP contribution >= 0.6 is 0 Å². The molecule has 0 saturated heterocycles. The van der Waals surface area contributed by atoms with Crippen LogP contribution in [0.4, 0.5) is 22.7 Å². The SMILES string of the molecule is CC1=CC2c3cccc4c3N(B3c5cccc6c5N(C(=C1)C32)c1ccccc1C6(c1ccccc1)C1C=CC=CC=C1)c1ccccc1O4. The lowest BCUT2D eigenvalue weighted by Gasteiger charge is -2.58. The van der Waals surface area contributed by atoms with Crippen molar-refractivity contribution in [1.82, 2.24) is 0 Å². The van der Waals surface area contributed by atoms with Crippen molar-refractivity contribution in [3.63, 3.8) is 0 Å². The van der Waals surface area contributed by atoms with E-state index >= 15 is 0 Å². The summed E-state index contributed by atoms with van der Waals surface area (Å²) in [6.45, 7) is 2.34. The number of para-hydroxylation sites is 5. The van der Waals surface area contributed by atoms with Gasteiger partial charge in [-0.1, -0.05) is 139 Å². The average Bonchev–Trinajstić information content (AvgIpc) is 3.44. The fourth-order valence-corrected chi connectivity index (χ4v) is 10.0. The van der Waals surface area contributed by atoms with Gasteiger partial charge in [0.1, 0.15) is 11.5 Å². The molecule has 232 valence electrons. The van der Waals surface area contributed by atoms with Gasteiger partial charge in [0.25, 0.3) is 0 Å². The van der Waals surface area contributed by atoms with Gasteiger partial charge in [-0.25, -0.2) is 0 Å². The maximum Gasteiger partial charge on any atom is 0.306 e. The van der Waals surface area contributed by atoms with E-state index in [-0.39, 0.29) is 24.5 Å². The van der Waals surface area contributed by atoms with Crippen LogP contribution < -0.4 is 19.9 Å². The van der Waals surface area contributed by atoms with Crippen LogP contribution in [0.2, 0.25) is 5.82 Å². The fourth-order valence-electron chi connectivity index (χ4n) is 10.0. The van der Waals surface area contributed by atoms with E-state index in [2.05, 4.69) is 181 Å². The lowest BCUT2D eigenvalue weighted by Crippen LogP contribution is -2.61. The van der Waals surface area contributed by atoms with Crippen molar-refractivity contribution in [1.29, 1.82) is 0 Å². The molecule has 0 radical (unpaired) electrons. The first-order valence-electron chi connectivity index (χ1n) is 17.4. The topological polar surface area (TPSA) is 15.7 Å². The summed E-state index contributed by atoms with van der Waals surface area (Å²) in [4.78, 5) is 5.27. The first-order chi connectivity index (χ1) is 24.2. The Bertz CT molecular complexity index is 2370. The Morgan fingerprint density at radius 1 is 0.653 bits per heavy atom. The van der Waals surface area contributed by atoms with Crippen LogP contribution in [-0.2, 0) is 5.41 Å². The number of fused-ring (bicyclic) bond motifs is 8. The van der Waals surface area contributed by atoms with Crippen molar-refractivity contribution >= 4 is 35.1 Å². The molecule has 0 bridgehead atoms. The van der Waals surface area contributed by atoms with E-state index in [4.69, 9.17) is 4.74 Å². The van der Waals surface area contributed by atoms with Crippen molar-refractivity contribution in [3.05, 3.63) is 197 Å². The molecule has 4 heteroatoms. The van der Waals surface area contributed by atoms with Gasteiger partial charge in [0, 0.05) is 29.0 Å². The van der Waals surface area contributed by atoms with Crippen LogP contribution in [0.1, 0.15) is 35.1 Å². The Morgan fingerprint density at radius 2 is 1.37 bits per heavy atom. The van der Waals surface area contributed by atoms with Crippen molar-refractivity contribution in [3.8, 4) is 11.5 Å². The van der Waals surface area contributed by atoms with Crippen molar-refractivity contribution < 1.29 is 4.74 Å². The molecule has 4 aliphatic heterocycles. The summed E-state index contributed by atoms with van der Waals surface area (Å²) in [7, 11) is 0. The third-order valence-corrected chi connectivity index (χ3v) is 11.7. The highest BCUT2D eigenvalue weighted by molar-refractivity contribution is 6.82. The molecule has 6 aliphatic rings. The third kappa shape index (κ3) is 3.43. The fraction of sp³-hybridized carbons (Fsp3) is 0.111. The van der Waals surface area contributed by atoms with E-state index in [0.29, 0.717) is 0 Å². The van der Waals surface area contributed by atoms with Crippen molar-refractivity contribution in [2.75, 3.05) is 9.71 Å². The summed E-state index contributed by atoms with van der Waals surface area (Å²) < 4.78 is 6.65. The summed E-state index contributed by atoms with van der Waals surface area (Å²) in [5.41, 5.74) is 13.8. The highest BCUT2D eigenvalue weighted by Gasteiger charge is 2.59. The number of nitrogens with zero attached hydrogens (tertiary/aromatic N) is 2. The molecular formula is C45H33BN2O. The maximum atomic E-state index is 6.65. The Kier molecular flexibility index (Phi) is 5.50. The standard InChI is InChI=1S/C45H33BN2O/c1-29-27-33-32-19-13-26-41-43(32)48(38-24-11-12-25-40(38)49-41)46-36-22-14-21-35-44(36)47(39(28-29)42(33)46)37-23-10-9-20-34(37)45(35,31-17-7-4-8-18-31)30-15-5-2-3-6-16-30/h2-28,30,33,42H,1H3. The predicted molar refractivity (Wildman–Crippen MR) is 201 cm³/mol. The van der Waals surface area contributed by atoms with Gasteiger partial charge in [-0.3, -0.25) is 0 Å². The van der Waals surface area contributed by atoms with Gasteiger partial charge in [-0.2, -0.15) is 0 Å². The van der Waals surface area contributed by atoms with E-state index in [1.165, 1.54) is 56.0 Å². The van der Waals surface area contributed by atoms with Crippen molar-refractivity contribution in [2.45, 2.75) is 24.1 Å². The van der Waals surface area contributed by atoms with Gasteiger partial charge in [0.15, 0.2) is 0 Å². The first-order valence-corrected chi connectivity index (χ1v) is 17.4. The van der Waals surface area contributed by atoms with Crippen LogP contribution in [0.3, 0.4) is 0 Å². The van der Waals surface area contributed by atoms with Gasteiger partial charge in [0.2, 0.25) is 0 Å². The molecule has 3 nitrogen and oxygen atoms in total. The molecule has 3 unspecified atom stereocenters. The number of allylic oxidation sites excluding steroid dienone is 10. The zero-order valence-electron chi connectivity index (χ0n) is 27.2. The predicted octanol–water partition coefficient (Wildman–Crippen LogP) is 10.2. The quantitative estimate of drug-likeness (QED) is 0.181. The van der Waals surface area contributed by atoms with E-state index in [1.807, 2.05) is 0 Å². The van der Waals surface area contributed by atoms with Crippen LogP contribution in [-0.4, -0.2) is 6.85 Å². The van der Waals surface area contributed by atoms with Gasteiger partial charge in [-0.15, -0.1) is 0 Å². The minimum Gasteiger partial charge on any atom is -0.453 e. The molecular weight excluding hydrogens is 595 g/mol. The second kappa shape index (κ2) is 9.90. The molecule has 4 heterocycles. The molecule has 11 rings (SSSR count). The summed E-state index contributed by atoms with van der Waals surface area (Å²) in [6.07, 6.45) is 18.5. The largest absolute Gasteiger partial charge is 0.453 e. The molecule has 0 saturated carbocycles. The number of rotatable bonds is 2.